The van der Waals surface area contributed by atoms with E-state index in [2.05, 4.69) is 5.32 Å². The quantitative estimate of drug-likeness (QED) is 0.621. The number of thioether (sulfide) groups is 1. The summed E-state index contributed by atoms with van der Waals surface area (Å²) in [7, 11) is 1.75. The van der Waals surface area contributed by atoms with Crippen LogP contribution in [0.1, 0.15) is 11.1 Å². The predicted octanol–water partition coefficient (Wildman–Crippen LogP) is 3.88. The minimum atomic E-state index is -0.151. The molecular formula is C23H24N2O2S. The van der Waals surface area contributed by atoms with Gasteiger partial charge in [0.05, 0.1) is 13.0 Å². The molecule has 0 aromatic heterocycles. The molecule has 0 aliphatic rings. The second kappa shape index (κ2) is 9.42. The van der Waals surface area contributed by atoms with Gasteiger partial charge in [0.15, 0.2) is 0 Å². The molecule has 3 rings (SSSR count). The molecule has 0 aliphatic carbocycles. The van der Waals surface area contributed by atoms with Gasteiger partial charge in [0.1, 0.15) is 0 Å². The van der Waals surface area contributed by atoms with Crippen molar-refractivity contribution in [2.45, 2.75) is 17.9 Å². The fourth-order valence-electron chi connectivity index (χ4n) is 3.08. The number of benzene rings is 3. The highest BCUT2D eigenvalue weighted by Crippen LogP contribution is 2.19. The first-order chi connectivity index (χ1) is 13.6. The third kappa shape index (κ3) is 5.14. The van der Waals surface area contributed by atoms with Crippen molar-refractivity contribution in [3.05, 3.63) is 77.9 Å². The maximum atomic E-state index is 12.3. The molecule has 144 valence electrons. The maximum Gasteiger partial charge on any atom is 0.242 e. The summed E-state index contributed by atoms with van der Waals surface area (Å²) in [5.41, 5.74) is 2.03. The van der Waals surface area contributed by atoms with Crippen LogP contribution in [0.25, 0.3) is 10.8 Å². The molecule has 0 saturated carbocycles. The molecule has 0 atom stereocenters. The van der Waals surface area contributed by atoms with Gasteiger partial charge in [-0.05, 0) is 40.3 Å². The first kappa shape index (κ1) is 20.0. The molecular weight excluding hydrogens is 368 g/mol. The number of amides is 2. The van der Waals surface area contributed by atoms with Crippen molar-refractivity contribution >= 4 is 34.3 Å². The Hall–Kier alpha value is -2.79. The van der Waals surface area contributed by atoms with Crippen molar-refractivity contribution in [1.82, 2.24) is 10.2 Å². The molecule has 0 heterocycles. The van der Waals surface area contributed by atoms with Crippen LogP contribution in [-0.2, 0) is 22.6 Å². The molecule has 0 aliphatic heterocycles. The monoisotopic (exact) mass is 392 g/mol. The van der Waals surface area contributed by atoms with E-state index in [1.165, 1.54) is 4.90 Å². The molecule has 0 bridgehead atoms. The van der Waals surface area contributed by atoms with Crippen LogP contribution in [0.15, 0.2) is 71.6 Å². The number of rotatable bonds is 7. The molecule has 4 nitrogen and oxygen atoms in total. The molecule has 0 saturated heterocycles. The summed E-state index contributed by atoms with van der Waals surface area (Å²) in [6.45, 7) is 0.523. The summed E-state index contributed by atoms with van der Waals surface area (Å²) < 4.78 is 0. The average Bonchev–Trinajstić information content (AvgIpc) is 2.73. The highest BCUT2D eigenvalue weighted by molar-refractivity contribution is 7.98. The van der Waals surface area contributed by atoms with Crippen molar-refractivity contribution in [3.63, 3.8) is 0 Å². The van der Waals surface area contributed by atoms with Crippen LogP contribution in [0.3, 0.4) is 0 Å². The van der Waals surface area contributed by atoms with Gasteiger partial charge >= 0.3 is 0 Å². The SMILES string of the molecule is CSc1ccc(CN(C)C(=O)CNC(=O)Cc2cccc3ccccc23)cc1. The lowest BCUT2D eigenvalue weighted by Gasteiger charge is -2.18. The summed E-state index contributed by atoms with van der Waals surface area (Å²) in [5, 5.41) is 4.92. The van der Waals surface area contributed by atoms with Crippen LogP contribution in [0.4, 0.5) is 0 Å². The number of hydrogen-bond donors (Lipinski definition) is 1. The van der Waals surface area contributed by atoms with Crippen LogP contribution >= 0.6 is 11.8 Å². The van der Waals surface area contributed by atoms with Crippen molar-refractivity contribution < 1.29 is 9.59 Å². The largest absolute Gasteiger partial charge is 0.347 e. The third-order valence-electron chi connectivity index (χ3n) is 4.67. The second-order valence-electron chi connectivity index (χ2n) is 6.69. The summed E-state index contributed by atoms with van der Waals surface area (Å²) in [6, 6.07) is 22.1. The highest BCUT2D eigenvalue weighted by atomic mass is 32.2. The number of hydrogen-bond acceptors (Lipinski definition) is 3. The minimum Gasteiger partial charge on any atom is -0.347 e. The van der Waals surface area contributed by atoms with Gasteiger partial charge < -0.3 is 10.2 Å². The van der Waals surface area contributed by atoms with Gasteiger partial charge in [-0.25, -0.2) is 0 Å². The van der Waals surface area contributed by atoms with Crippen LogP contribution in [0.5, 0.6) is 0 Å². The van der Waals surface area contributed by atoms with Crippen LogP contribution in [-0.4, -0.2) is 36.6 Å². The number of carbonyl (C=O) groups is 2. The average molecular weight is 393 g/mol. The van der Waals surface area contributed by atoms with Gasteiger partial charge in [0.25, 0.3) is 0 Å². The van der Waals surface area contributed by atoms with Crippen LogP contribution in [0, 0.1) is 0 Å². The zero-order valence-corrected chi connectivity index (χ0v) is 17.0. The molecule has 5 heteroatoms. The Morgan fingerprint density at radius 3 is 2.43 bits per heavy atom. The predicted molar refractivity (Wildman–Crippen MR) is 115 cm³/mol. The Bertz CT molecular complexity index is 965. The fourth-order valence-corrected chi connectivity index (χ4v) is 3.49. The van der Waals surface area contributed by atoms with E-state index in [0.29, 0.717) is 6.54 Å². The zero-order valence-electron chi connectivity index (χ0n) is 16.1. The molecule has 0 radical (unpaired) electrons. The van der Waals surface area contributed by atoms with Crippen molar-refractivity contribution in [1.29, 1.82) is 0 Å². The third-order valence-corrected chi connectivity index (χ3v) is 5.42. The standard InChI is InChI=1S/C23H24N2O2S/c1-25(16-17-10-12-20(28-2)13-11-17)23(27)15-24-22(26)14-19-8-5-7-18-6-3-4-9-21(18)19/h3-13H,14-16H2,1-2H3,(H,24,26). The molecule has 3 aromatic rings. The van der Waals surface area contributed by atoms with E-state index in [-0.39, 0.29) is 24.8 Å². The van der Waals surface area contributed by atoms with E-state index >= 15 is 0 Å². The van der Waals surface area contributed by atoms with E-state index < -0.39 is 0 Å². The van der Waals surface area contributed by atoms with E-state index in [1.807, 2.05) is 73.0 Å². The van der Waals surface area contributed by atoms with E-state index in [1.54, 1.807) is 23.7 Å². The second-order valence-corrected chi connectivity index (χ2v) is 7.57. The number of carbonyl (C=O) groups excluding carboxylic acids is 2. The molecule has 1 N–H and O–H groups in total. The number of nitrogens with one attached hydrogen (secondary N) is 1. The van der Waals surface area contributed by atoms with Crippen molar-refractivity contribution in [2.24, 2.45) is 0 Å². The fraction of sp³-hybridized carbons (Fsp3) is 0.217. The van der Waals surface area contributed by atoms with E-state index in [4.69, 9.17) is 0 Å². The normalized spacial score (nSPS) is 10.6. The lowest BCUT2D eigenvalue weighted by molar-refractivity contribution is -0.132. The Morgan fingerprint density at radius 2 is 1.68 bits per heavy atom. The van der Waals surface area contributed by atoms with Gasteiger partial charge in [0, 0.05) is 18.5 Å². The van der Waals surface area contributed by atoms with Gasteiger partial charge in [-0.15, -0.1) is 11.8 Å². The summed E-state index contributed by atoms with van der Waals surface area (Å²) in [6.07, 6.45) is 2.29. The Kier molecular flexibility index (Phi) is 6.71. The number of nitrogens with zero attached hydrogens (tertiary/aromatic N) is 1. The van der Waals surface area contributed by atoms with Gasteiger partial charge in [-0.3, -0.25) is 9.59 Å². The van der Waals surface area contributed by atoms with E-state index in [0.717, 1.165) is 21.9 Å². The molecule has 28 heavy (non-hydrogen) atoms. The lowest BCUT2D eigenvalue weighted by atomic mass is 10.0. The minimum absolute atomic E-state index is 0.00297. The van der Waals surface area contributed by atoms with E-state index in [9.17, 15) is 9.59 Å². The highest BCUT2D eigenvalue weighted by Gasteiger charge is 2.12. The van der Waals surface area contributed by atoms with Gasteiger partial charge in [-0.1, -0.05) is 54.6 Å². The topological polar surface area (TPSA) is 49.4 Å². The molecule has 0 unspecified atom stereocenters. The number of likely N-dealkylation sites (N-methyl/N-ethyl adjacent to an activating group) is 1. The van der Waals surface area contributed by atoms with Gasteiger partial charge in [-0.2, -0.15) is 0 Å². The molecule has 3 aromatic carbocycles. The van der Waals surface area contributed by atoms with Crippen molar-refractivity contribution in [2.75, 3.05) is 19.8 Å². The summed E-state index contributed by atoms with van der Waals surface area (Å²) >= 11 is 1.69. The van der Waals surface area contributed by atoms with Crippen LogP contribution < -0.4 is 5.32 Å². The smallest absolute Gasteiger partial charge is 0.242 e. The van der Waals surface area contributed by atoms with Crippen LogP contribution in [0.2, 0.25) is 0 Å². The van der Waals surface area contributed by atoms with Crippen molar-refractivity contribution in [3.8, 4) is 0 Å². The van der Waals surface area contributed by atoms with Gasteiger partial charge in [0.2, 0.25) is 11.8 Å². The number of fused-ring (bicyclic) bond motifs is 1. The summed E-state index contributed by atoms with van der Waals surface area (Å²) in [5.74, 6) is -0.261. The Labute approximate surface area is 169 Å². The lowest BCUT2D eigenvalue weighted by Crippen LogP contribution is -2.38. The Morgan fingerprint density at radius 1 is 0.964 bits per heavy atom. The summed E-state index contributed by atoms with van der Waals surface area (Å²) in [4.78, 5) is 27.5. The molecule has 0 fully saturated rings. The first-order valence-corrected chi connectivity index (χ1v) is 10.4. The Balaban J connectivity index is 1.52. The maximum absolute atomic E-state index is 12.3. The first-order valence-electron chi connectivity index (χ1n) is 9.17. The molecule has 2 amide bonds. The zero-order chi connectivity index (χ0) is 19.9. The molecule has 0 spiro atoms.